The summed E-state index contributed by atoms with van der Waals surface area (Å²) in [6.45, 7) is 4.01. The van der Waals surface area contributed by atoms with Crippen LogP contribution in [0.5, 0.6) is 0 Å². The third kappa shape index (κ3) is 1.58. The first-order valence-corrected chi connectivity index (χ1v) is 6.08. The predicted octanol–water partition coefficient (Wildman–Crippen LogP) is 1.78. The lowest BCUT2D eigenvalue weighted by atomic mass is 10.1. The van der Waals surface area contributed by atoms with Crippen LogP contribution in [0.1, 0.15) is 51.3 Å². The Balaban J connectivity index is 2.03. The SMILES string of the molecule is CC1(C)CC1N1C(=O)c2ccc(C(=O)O)cc2C1=O. The second kappa shape index (κ2) is 3.44. The molecule has 5 heteroatoms. The maximum absolute atomic E-state index is 12.3. The van der Waals surface area contributed by atoms with E-state index in [9.17, 15) is 14.4 Å². The molecule has 3 rings (SSSR count). The molecule has 1 atom stereocenters. The lowest BCUT2D eigenvalue weighted by Gasteiger charge is -2.15. The standard InChI is InChI=1S/C14H13NO4/c1-14(2)6-10(14)15-11(16)8-4-3-7(13(18)19)5-9(8)12(15)17/h3-5,10H,6H2,1-2H3,(H,18,19). The van der Waals surface area contributed by atoms with E-state index in [2.05, 4.69) is 0 Å². The van der Waals surface area contributed by atoms with Crippen molar-refractivity contribution in [1.29, 1.82) is 0 Å². The molecule has 1 aliphatic carbocycles. The first-order valence-electron chi connectivity index (χ1n) is 6.08. The van der Waals surface area contributed by atoms with E-state index in [1.54, 1.807) is 0 Å². The Labute approximate surface area is 109 Å². The van der Waals surface area contributed by atoms with Gasteiger partial charge in [0.15, 0.2) is 0 Å². The summed E-state index contributed by atoms with van der Waals surface area (Å²) < 4.78 is 0. The van der Waals surface area contributed by atoms with E-state index in [-0.39, 0.29) is 34.4 Å². The topological polar surface area (TPSA) is 74.7 Å². The molecule has 0 bridgehead atoms. The van der Waals surface area contributed by atoms with E-state index in [4.69, 9.17) is 5.11 Å². The number of carbonyl (C=O) groups is 3. The van der Waals surface area contributed by atoms with Gasteiger partial charge >= 0.3 is 5.97 Å². The van der Waals surface area contributed by atoms with Crippen LogP contribution in [0.3, 0.4) is 0 Å². The van der Waals surface area contributed by atoms with Crippen molar-refractivity contribution in [1.82, 2.24) is 4.90 Å². The maximum atomic E-state index is 12.3. The number of aromatic carboxylic acids is 1. The molecular weight excluding hydrogens is 246 g/mol. The second-order valence-electron chi connectivity index (χ2n) is 5.75. The highest BCUT2D eigenvalue weighted by Crippen LogP contribution is 2.50. The summed E-state index contributed by atoms with van der Waals surface area (Å²) >= 11 is 0. The zero-order valence-corrected chi connectivity index (χ0v) is 10.6. The first kappa shape index (κ1) is 11.9. The minimum atomic E-state index is -1.10. The summed E-state index contributed by atoms with van der Waals surface area (Å²) in [5.41, 5.74) is 0.491. The van der Waals surface area contributed by atoms with Crippen LogP contribution < -0.4 is 0 Å². The van der Waals surface area contributed by atoms with Crippen molar-refractivity contribution in [3.8, 4) is 0 Å². The number of benzene rings is 1. The number of carbonyl (C=O) groups excluding carboxylic acids is 2. The number of hydrogen-bond acceptors (Lipinski definition) is 3. The molecule has 1 heterocycles. The van der Waals surface area contributed by atoms with Gasteiger partial charge in [0.2, 0.25) is 0 Å². The summed E-state index contributed by atoms with van der Waals surface area (Å²) in [7, 11) is 0. The lowest BCUT2D eigenvalue weighted by molar-refractivity contribution is 0.0623. The molecule has 98 valence electrons. The number of hydrogen-bond donors (Lipinski definition) is 1. The highest BCUT2D eigenvalue weighted by Gasteiger charge is 2.55. The van der Waals surface area contributed by atoms with Crippen molar-refractivity contribution in [3.63, 3.8) is 0 Å². The number of fused-ring (bicyclic) bond motifs is 1. The Hall–Kier alpha value is -2.17. The van der Waals surface area contributed by atoms with Gasteiger partial charge in [0.25, 0.3) is 11.8 Å². The monoisotopic (exact) mass is 259 g/mol. The van der Waals surface area contributed by atoms with Gasteiger partial charge in [-0.25, -0.2) is 4.79 Å². The molecule has 1 N–H and O–H groups in total. The summed E-state index contributed by atoms with van der Waals surface area (Å²) in [6, 6.07) is 3.99. The molecule has 0 saturated heterocycles. The fourth-order valence-electron chi connectivity index (χ4n) is 2.56. The third-order valence-corrected chi connectivity index (χ3v) is 3.94. The average molecular weight is 259 g/mol. The van der Waals surface area contributed by atoms with Crippen LogP contribution in [0.15, 0.2) is 18.2 Å². The summed E-state index contributed by atoms with van der Waals surface area (Å²) in [5, 5.41) is 8.93. The molecular formula is C14H13NO4. The molecule has 19 heavy (non-hydrogen) atoms. The van der Waals surface area contributed by atoms with Gasteiger partial charge in [-0.05, 0) is 30.0 Å². The van der Waals surface area contributed by atoms with Gasteiger partial charge in [-0.15, -0.1) is 0 Å². The molecule has 1 fully saturated rings. The zero-order chi connectivity index (χ0) is 13.9. The van der Waals surface area contributed by atoms with Crippen LogP contribution in [0.4, 0.5) is 0 Å². The second-order valence-corrected chi connectivity index (χ2v) is 5.75. The van der Waals surface area contributed by atoms with Crippen LogP contribution >= 0.6 is 0 Å². The van der Waals surface area contributed by atoms with Gasteiger partial charge in [-0.1, -0.05) is 13.8 Å². The molecule has 0 aromatic heterocycles. The maximum Gasteiger partial charge on any atom is 0.335 e. The molecule has 1 aliphatic heterocycles. The first-order chi connectivity index (χ1) is 8.83. The fraction of sp³-hybridized carbons (Fsp3) is 0.357. The van der Waals surface area contributed by atoms with Crippen molar-refractivity contribution in [2.45, 2.75) is 26.3 Å². The normalized spacial score (nSPS) is 23.5. The molecule has 5 nitrogen and oxygen atoms in total. The minimum absolute atomic E-state index is 0.0248. The van der Waals surface area contributed by atoms with E-state index in [1.807, 2.05) is 13.8 Å². The van der Waals surface area contributed by atoms with Crippen molar-refractivity contribution in [3.05, 3.63) is 34.9 Å². The van der Waals surface area contributed by atoms with Gasteiger partial charge in [-0.2, -0.15) is 0 Å². The van der Waals surface area contributed by atoms with E-state index in [0.29, 0.717) is 5.56 Å². The van der Waals surface area contributed by atoms with E-state index < -0.39 is 5.97 Å². The number of carboxylic acid groups (broad SMARTS) is 1. The smallest absolute Gasteiger partial charge is 0.335 e. The van der Waals surface area contributed by atoms with Crippen molar-refractivity contribution in [2.24, 2.45) is 5.41 Å². The van der Waals surface area contributed by atoms with E-state index in [0.717, 1.165) is 6.42 Å². The predicted molar refractivity (Wildman–Crippen MR) is 66.1 cm³/mol. The van der Waals surface area contributed by atoms with E-state index in [1.165, 1.54) is 23.1 Å². The number of rotatable bonds is 2. The highest BCUT2D eigenvalue weighted by atomic mass is 16.4. The van der Waals surface area contributed by atoms with Gasteiger partial charge in [0.1, 0.15) is 0 Å². The Bertz CT molecular complexity index is 632. The number of amides is 2. The molecule has 0 spiro atoms. The largest absolute Gasteiger partial charge is 0.478 e. The Kier molecular flexibility index (Phi) is 2.15. The van der Waals surface area contributed by atoms with Gasteiger partial charge < -0.3 is 5.11 Å². The van der Waals surface area contributed by atoms with Crippen molar-refractivity contribution >= 4 is 17.8 Å². The minimum Gasteiger partial charge on any atom is -0.478 e. The molecule has 1 aromatic carbocycles. The summed E-state index contributed by atoms with van der Waals surface area (Å²) in [5.74, 6) is -1.79. The quantitative estimate of drug-likeness (QED) is 0.821. The van der Waals surface area contributed by atoms with Crippen LogP contribution in [0.25, 0.3) is 0 Å². The summed E-state index contributed by atoms with van der Waals surface area (Å²) in [4.78, 5) is 36.7. The molecule has 0 radical (unpaired) electrons. The van der Waals surface area contributed by atoms with Crippen LogP contribution in [-0.4, -0.2) is 33.8 Å². The zero-order valence-electron chi connectivity index (χ0n) is 10.6. The Morgan fingerprint density at radius 2 is 1.84 bits per heavy atom. The fourth-order valence-corrected chi connectivity index (χ4v) is 2.56. The Morgan fingerprint density at radius 3 is 2.37 bits per heavy atom. The Morgan fingerprint density at radius 1 is 1.26 bits per heavy atom. The molecule has 2 amide bonds. The molecule has 1 saturated carbocycles. The average Bonchev–Trinajstić information content (AvgIpc) is 2.88. The van der Waals surface area contributed by atoms with E-state index >= 15 is 0 Å². The number of imide groups is 1. The van der Waals surface area contributed by atoms with Crippen LogP contribution in [0, 0.1) is 5.41 Å². The summed E-state index contributed by atoms with van der Waals surface area (Å²) in [6.07, 6.45) is 0.796. The molecule has 1 aromatic rings. The highest BCUT2D eigenvalue weighted by molar-refractivity contribution is 6.22. The van der Waals surface area contributed by atoms with Crippen LogP contribution in [0.2, 0.25) is 0 Å². The van der Waals surface area contributed by atoms with Gasteiger partial charge in [0, 0.05) is 6.04 Å². The van der Waals surface area contributed by atoms with Crippen molar-refractivity contribution < 1.29 is 19.5 Å². The van der Waals surface area contributed by atoms with Crippen LogP contribution in [-0.2, 0) is 0 Å². The van der Waals surface area contributed by atoms with Gasteiger partial charge in [-0.3, -0.25) is 14.5 Å². The van der Waals surface area contributed by atoms with Crippen molar-refractivity contribution in [2.75, 3.05) is 0 Å². The molecule has 1 unspecified atom stereocenters. The number of carboxylic acids is 1. The van der Waals surface area contributed by atoms with Gasteiger partial charge in [0.05, 0.1) is 16.7 Å². The third-order valence-electron chi connectivity index (χ3n) is 3.94. The lowest BCUT2D eigenvalue weighted by Crippen LogP contribution is -2.34. The molecule has 2 aliphatic rings. The number of nitrogens with zero attached hydrogens (tertiary/aromatic N) is 1.